The highest BCUT2D eigenvalue weighted by Crippen LogP contribution is 2.66. The first-order valence-corrected chi connectivity index (χ1v) is 9.68. The summed E-state index contributed by atoms with van der Waals surface area (Å²) in [5.41, 5.74) is 2.50. The molecule has 2 unspecified atom stereocenters. The van der Waals surface area contributed by atoms with E-state index in [1.54, 1.807) is 5.57 Å². The first-order valence-electron chi connectivity index (χ1n) is 9.68. The number of hydrogen-bond donors (Lipinski definition) is 0. The van der Waals surface area contributed by atoms with Gasteiger partial charge in [-0.25, -0.2) is 4.79 Å². The van der Waals surface area contributed by atoms with Gasteiger partial charge in [-0.1, -0.05) is 31.1 Å². The van der Waals surface area contributed by atoms with Crippen LogP contribution in [-0.4, -0.2) is 24.1 Å². The van der Waals surface area contributed by atoms with Crippen molar-refractivity contribution in [3.8, 4) is 0 Å². The first-order chi connectivity index (χ1) is 11.9. The lowest BCUT2D eigenvalue weighted by Gasteiger charge is -2.54. The molecule has 1 saturated heterocycles. The highest BCUT2D eigenvalue weighted by atomic mass is 16.8. The maximum Gasteiger partial charge on any atom is 0.509 e. The Morgan fingerprint density at radius 2 is 1.96 bits per heavy atom. The summed E-state index contributed by atoms with van der Waals surface area (Å²) in [5, 5.41) is 0. The quantitative estimate of drug-likeness (QED) is 0.485. The maximum absolute atomic E-state index is 11.9. The molecule has 0 radical (unpaired) electrons. The summed E-state index contributed by atoms with van der Waals surface area (Å²) < 4.78 is 11.0. The van der Waals surface area contributed by atoms with Crippen molar-refractivity contribution in [2.45, 2.75) is 64.4 Å². The van der Waals surface area contributed by atoms with Crippen molar-refractivity contribution in [1.82, 2.24) is 0 Å². The van der Waals surface area contributed by atoms with Gasteiger partial charge in [0.25, 0.3) is 0 Å². The highest BCUT2D eigenvalue weighted by molar-refractivity contribution is 5.92. The van der Waals surface area contributed by atoms with E-state index in [4.69, 9.17) is 9.47 Å². The van der Waals surface area contributed by atoms with Gasteiger partial charge in [-0.2, -0.15) is 0 Å². The van der Waals surface area contributed by atoms with Crippen LogP contribution in [0.2, 0.25) is 0 Å². The molecule has 0 N–H and O–H groups in total. The summed E-state index contributed by atoms with van der Waals surface area (Å²) in [6, 6.07) is 0. The van der Waals surface area contributed by atoms with E-state index in [1.807, 2.05) is 6.08 Å². The van der Waals surface area contributed by atoms with Crippen LogP contribution in [0.25, 0.3) is 0 Å². The third kappa shape index (κ3) is 1.83. The van der Waals surface area contributed by atoms with Gasteiger partial charge in [0.15, 0.2) is 11.4 Å². The van der Waals surface area contributed by atoms with E-state index < -0.39 is 11.8 Å². The first kappa shape index (κ1) is 15.7. The van der Waals surface area contributed by atoms with Crippen LogP contribution in [0.3, 0.4) is 0 Å². The Labute approximate surface area is 148 Å². The van der Waals surface area contributed by atoms with Crippen molar-refractivity contribution in [2.75, 3.05) is 6.61 Å². The second-order valence-corrected chi connectivity index (χ2v) is 9.17. The Hall–Kier alpha value is -1.58. The van der Waals surface area contributed by atoms with Crippen molar-refractivity contribution in [3.05, 3.63) is 23.3 Å². The average molecular weight is 342 g/mol. The van der Waals surface area contributed by atoms with Gasteiger partial charge in [0.05, 0.1) is 0 Å². The van der Waals surface area contributed by atoms with Crippen LogP contribution in [0.15, 0.2) is 23.3 Å². The van der Waals surface area contributed by atoms with Crippen LogP contribution in [0.4, 0.5) is 4.79 Å². The van der Waals surface area contributed by atoms with Crippen molar-refractivity contribution in [3.63, 3.8) is 0 Å². The minimum atomic E-state index is -0.497. The maximum atomic E-state index is 11.9. The molecule has 5 aliphatic rings. The minimum absolute atomic E-state index is 0.0324. The molecule has 0 amide bonds. The number of ketones is 1. The number of carbonyl (C=O) groups is 2. The third-order valence-corrected chi connectivity index (χ3v) is 8.33. The lowest BCUT2D eigenvalue weighted by Crippen LogP contribution is -2.52. The summed E-state index contributed by atoms with van der Waals surface area (Å²) in [6.07, 6.45) is 10.6. The van der Waals surface area contributed by atoms with Gasteiger partial charge in [0.2, 0.25) is 0 Å². The minimum Gasteiger partial charge on any atom is -0.430 e. The zero-order valence-electron chi connectivity index (χ0n) is 15.1. The Morgan fingerprint density at radius 3 is 2.72 bits per heavy atom. The Balaban J connectivity index is 1.55. The van der Waals surface area contributed by atoms with Gasteiger partial charge < -0.3 is 9.47 Å². The molecule has 1 aliphatic heterocycles. The van der Waals surface area contributed by atoms with Crippen molar-refractivity contribution in [1.29, 1.82) is 0 Å². The van der Waals surface area contributed by atoms with E-state index in [0.29, 0.717) is 30.6 Å². The van der Waals surface area contributed by atoms with Gasteiger partial charge in [-0.3, -0.25) is 4.79 Å². The standard InChI is InChI=1S/C21H26O4/c1-19-8-5-14(22)11-13(19)3-4-15-16(19)6-9-20(2)17(15)7-10-21(20)12-24-18(23)25-21/h6,11,15,17H,3-5,7-10,12H2,1-2H3/t15?,17?,19-,20-,21+/m0/s1. The van der Waals surface area contributed by atoms with Crippen molar-refractivity contribution in [2.24, 2.45) is 22.7 Å². The molecule has 25 heavy (non-hydrogen) atoms. The summed E-state index contributed by atoms with van der Waals surface area (Å²) in [5.74, 6) is 1.38. The molecule has 0 aromatic heterocycles. The highest BCUT2D eigenvalue weighted by Gasteiger charge is 2.66. The molecule has 4 heteroatoms. The van der Waals surface area contributed by atoms with Gasteiger partial charge in [-0.05, 0) is 56.4 Å². The van der Waals surface area contributed by atoms with E-state index in [1.165, 1.54) is 5.57 Å². The molecule has 134 valence electrons. The molecule has 5 rings (SSSR count). The third-order valence-electron chi connectivity index (χ3n) is 8.33. The molecule has 0 aromatic rings. The number of rotatable bonds is 0. The smallest absolute Gasteiger partial charge is 0.430 e. The van der Waals surface area contributed by atoms with Crippen LogP contribution in [0.1, 0.15) is 58.8 Å². The Kier molecular flexibility index (Phi) is 2.99. The van der Waals surface area contributed by atoms with Crippen LogP contribution in [0.5, 0.6) is 0 Å². The molecule has 4 nitrogen and oxygen atoms in total. The molecule has 1 spiro atoms. The number of carbonyl (C=O) groups excluding carboxylic acids is 2. The molecular weight excluding hydrogens is 316 g/mol. The largest absolute Gasteiger partial charge is 0.509 e. The fraction of sp³-hybridized carbons (Fsp3) is 0.714. The summed E-state index contributed by atoms with van der Waals surface area (Å²) in [6.45, 7) is 5.05. The van der Waals surface area contributed by atoms with E-state index in [0.717, 1.165) is 38.5 Å². The monoisotopic (exact) mass is 342 g/mol. The van der Waals surface area contributed by atoms with Crippen molar-refractivity contribution < 1.29 is 19.1 Å². The molecule has 5 atom stereocenters. The topological polar surface area (TPSA) is 52.6 Å². The van der Waals surface area contributed by atoms with Crippen LogP contribution in [0, 0.1) is 22.7 Å². The fourth-order valence-electron chi connectivity index (χ4n) is 6.74. The summed E-state index contributed by atoms with van der Waals surface area (Å²) in [4.78, 5) is 23.6. The number of fused-ring (bicyclic) bond motifs is 6. The predicted octanol–water partition coefficient (Wildman–Crippen LogP) is 4.34. The lowest BCUT2D eigenvalue weighted by atomic mass is 9.51. The zero-order valence-corrected chi connectivity index (χ0v) is 15.1. The lowest BCUT2D eigenvalue weighted by molar-refractivity contribution is -0.115. The van der Waals surface area contributed by atoms with E-state index in [9.17, 15) is 9.59 Å². The van der Waals surface area contributed by atoms with Crippen LogP contribution < -0.4 is 0 Å². The van der Waals surface area contributed by atoms with Crippen LogP contribution in [-0.2, 0) is 14.3 Å². The predicted molar refractivity (Wildman–Crippen MR) is 91.9 cm³/mol. The van der Waals surface area contributed by atoms with Gasteiger partial charge in [0.1, 0.15) is 6.61 Å². The number of allylic oxidation sites excluding steroid dienone is 4. The molecule has 1 heterocycles. The molecule has 0 bridgehead atoms. The fourth-order valence-corrected chi connectivity index (χ4v) is 6.74. The molecule has 0 aromatic carbocycles. The molecule has 3 fully saturated rings. The average Bonchev–Trinajstić information content (AvgIpc) is 3.10. The SMILES string of the molecule is C[C@]12CCC(=O)C=C1CCC1C2=CC[C@@]2(C)C1CC[C@@]21COC(=O)O1. The van der Waals surface area contributed by atoms with E-state index >= 15 is 0 Å². The molecule has 4 aliphatic carbocycles. The number of cyclic esters (lactones) is 1. The van der Waals surface area contributed by atoms with Gasteiger partial charge in [-0.15, -0.1) is 0 Å². The van der Waals surface area contributed by atoms with Gasteiger partial charge >= 0.3 is 6.16 Å². The van der Waals surface area contributed by atoms with Crippen molar-refractivity contribution >= 4 is 11.9 Å². The molecule has 2 saturated carbocycles. The van der Waals surface area contributed by atoms with E-state index in [-0.39, 0.29) is 10.8 Å². The van der Waals surface area contributed by atoms with Crippen LogP contribution >= 0.6 is 0 Å². The summed E-state index contributed by atoms with van der Waals surface area (Å²) in [7, 11) is 0. The Morgan fingerprint density at radius 1 is 1.12 bits per heavy atom. The second kappa shape index (κ2) is 4.77. The molecular formula is C21H26O4. The number of hydrogen-bond acceptors (Lipinski definition) is 4. The second-order valence-electron chi connectivity index (χ2n) is 9.17. The summed E-state index contributed by atoms with van der Waals surface area (Å²) >= 11 is 0. The number of ether oxygens (including phenoxy) is 2. The zero-order chi connectivity index (χ0) is 17.4. The Bertz CT molecular complexity index is 734. The van der Waals surface area contributed by atoms with E-state index in [2.05, 4.69) is 19.9 Å². The normalized spacial score (nSPS) is 48.1. The van der Waals surface area contributed by atoms with Gasteiger partial charge in [0, 0.05) is 17.3 Å².